The largest absolute Gasteiger partial charge is 0.371 e. The lowest BCUT2D eigenvalue weighted by molar-refractivity contribution is 0.0278. The first-order chi connectivity index (χ1) is 7.84. The van der Waals surface area contributed by atoms with Gasteiger partial charge >= 0.3 is 0 Å². The van der Waals surface area contributed by atoms with Gasteiger partial charge in [0.2, 0.25) is 0 Å². The Balaban J connectivity index is 1.99. The number of rotatable bonds is 1. The predicted molar refractivity (Wildman–Crippen MR) is 64.9 cm³/mol. The van der Waals surface area contributed by atoms with Crippen LogP contribution >= 0.6 is 11.6 Å². The summed E-state index contributed by atoms with van der Waals surface area (Å²) in [6, 6.07) is 6.24. The highest BCUT2D eigenvalue weighted by molar-refractivity contribution is 6.35. The van der Waals surface area contributed by atoms with Crippen LogP contribution in [-0.2, 0) is 4.74 Å². The molecule has 1 aliphatic heterocycles. The Kier molecular flexibility index (Phi) is 2.59. The van der Waals surface area contributed by atoms with Gasteiger partial charge in [0.25, 0.3) is 0 Å². The minimum Gasteiger partial charge on any atom is -0.371 e. The quantitative estimate of drug-likeness (QED) is 0.798. The summed E-state index contributed by atoms with van der Waals surface area (Å²) in [5, 5.41) is 5.15. The van der Waals surface area contributed by atoms with Crippen LogP contribution in [0, 0.1) is 0 Å². The number of aromatic amines is 1. The summed E-state index contributed by atoms with van der Waals surface area (Å²) in [7, 11) is 0. The normalized spacial score (nSPS) is 21.4. The molecule has 0 aliphatic carbocycles. The second-order valence-corrected chi connectivity index (χ2v) is 4.41. The molecule has 1 unspecified atom stereocenters. The van der Waals surface area contributed by atoms with Gasteiger partial charge in [-0.25, -0.2) is 0 Å². The van der Waals surface area contributed by atoms with E-state index < -0.39 is 0 Å². The molecule has 3 rings (SSSR count). The van der Waals surface area contributed by atoms with Gasteiger partial charge in [0.1, 0.15) is 0 Å². The molecule has 0 amide bonds. The second kappa shape index (κ2) is 4.09. The maximum absolute atomic E-state index is 6.10. The van der Waals surface area contributed by atoms with Crippen LogP contribution in [0.3, 0.4) is 0 Å². The van der Waals surface area contributed by atoms with Crippen molar-refractivity contribution in [2.45, 2.75) is 6.10 Å². The van der Waals surface area contributed by atoms with E-state index in [0.29, 0.717) is 0 Å². The molecule has 2 N–H and O–H groups in total. The maximum Gasteiger partial charge on any atom is 0.0950 e. The van der Waals surface area contributed by atoms with Crippen LogP contribution in [-0.4, -0.2) is 24.7 Å². The first-order valence-electron chi connectivity index (χ1n) is 5.43. The lowest BCUT2D eigenvalue weighted by Gasteiger charge is -2.24. The zero-order valence-corrected chi connectivity index (χ0v) is 9.55. The summed E-state index contributed by atoms with van der Waals surface area (Å²) in [4.78, 5) is 3.13. The first kappa shape index (κ1) is 10.1. The number of halogens is 1. The van der Waals surface area contributed by atoms with Crippen LogP contribution < -0.4 is 5.32 Å². The lowest BCUT2D eigenvalue weighted by Crippen LogP contribution is -2.33. The second-order valence-electron chi connectivity index (χ2n) is 4.01. The molecule has 3 nitrogen and oxygen atoms in total. The van der Waals surface area contributed by atoms with E-state index in [1.165, 1.54) is 5.56 Å². The van der Waals surface area contributed by atoms with E-state index in [2.05, 4.69) is 28.5 Å². The molecule has 4 heteroatoms. The molecule has 1 fully saturated rings. The summed E-state index contributed by atoms with van der Waals surface area (Å²) < 4.78 is 5.71. The van der Waals surface area contributed by atoms with Crippen LogP contribution in [0.4, 0.5) is 0 Å². The molecule has 1 aromatic carbocycles. The fourth-order valence-corrected chi connectivity index (χ4v) is 2.29. The average molecular weight is 237 g/mol. The molecular formula is C12H13ClN2O. The summed E-state index contributed by atoms with van der Waals surface area (Å²) in [5.74, 6) is 0. The highest BCUT2D eigenvalue weighted by Gasteiger charge is 2.16. The van der Waals surface area contributed by atoms with Crippen LogP contribution in [0.2, 0.25) is 5.02 Å². The molecule has 1 aliphatic rings. The van der Waals surface area contributed by atoms with E-state index in [-0.39, 0.29) is 6.10 Å². The van der Waals surface area contributed by atoms with E-state index in [0.717, 1.165) is 35.6 Å². The average Bonchev–Trinajstić information content (AvgIpc) is 2.72. The van der Waals surface area contributed by atoms with E-state index in [1.54, 1.807) is 0 Å². The van der Waals surface area contributed by atoms with Gasteiger partial charge in [-0.1, -0.05) is 17.7 Å². The van der Waals surface area contributed by atoms with Crippen molar-refractivity contribution >= 4 is 22.5 Å². The highest BCUT2D eigenvalue weighted by Crippen LogP contribution is 2.27. The van der Waals surface area contributed by atoms with Crippen molar-refractivity contribution in [1.82, 2.24) is 10.3 Å². The topological polar surface area (TPSA) is 37.0 Å². The summed E-state index contributed by atoms with van der Waals surface area (Å²) >= 11 is 6.10. The Morgan fingerprint density at radius 3 is 3.12 bits per heavy atom. The molecule has 0 bridgehead atoms. The highest BCUT2D eigenvalue weighted by atomic mass is 35.5. The van der Waals surface area contributed by atoms with Crippen molar-refractivity contribution in [3.05, 3.63) is 35.0 Å². The summed E-state index contributed by atoms with van der Waals surface area (Å²) in [6.07, 6.45) is 1.96. The zero-order chi connectivity index (χ0) is 11.0. The number of nitrogens with one attached hydrogen (secondary N) is 2. The molecule has 1 saturated heterocycles. The van der Waals surface area contributed by atoms with E-state index >= 15 is 0 Å². The third-order valence-corrected chi connectivity index (χ3v) is 3.27. The SMILES string of the molecule is Clc1c[nH]c2ccc(C3CNCCO3)cc12. The van der Waals surface area contributed by atoms with Gasteiger partial charge in [-0.2, -0.15) is 0 Å². The third kappa shape index (κ3) is 1.71. The van der Waals surface area contributed by atoms with Gasteiger partial charge in [0.15, 0.2) is 0 Å². The Morgan fingerprint density at radius 2 is 2.31 bits per heavy atom. The fourth-order valence-electron chi connectivity index (χ4n) is 2.08. The summed E-state index contributed by atoms with van der Waals surface area (Å²) in [6.45, 7) is 2.57. The Morgan fingerprint density at radius 1 is 1.38 bits per heavy atom. The Labute approximate surface area is 98.7 Å². The van der Waals surface area contributed by atoms with E-state index in [4.69, 9.17) is 16.3 Å². The Bertz CT molecular complexity index is 503. The standard InChI is InChI=1S/C12H13ClN2O/c13-10-6-15-11-2-1-8(5-9(10)11)12-7-14-3-4-16-12/h1-2,5-6,12,14-15H,3-4,7H2. The van der Waals surface area contributed by atoms with Gasteiger partial charge in [0, 0.05) is 30.2 Å². The van der Waals surface area contributed by atoms with E-state index in [9.17, 15) is 0 Å². The first-order valence-corrected chi connectivity index (χ1v) is 5.81. The molecule has 1 atom stereocenters. The molecule has 0 radical (unpaired) electrons. The van der Waals surface area contributed by atoms with Crippen molar-refractivity contribution in [3.63, 3.8) is 0 Å². The minimum absolute atomic E-state index is 0.143. The zero-order valence-electron chi connectivity index (χ0n) is 8.79. The molecule has 2 heterocycles. The third-order valence-electron chi connectivity index (χ3n) is 2.95. The van der Waals surface area contributed by atoms with Gasteiger partial charge in [-0.3, -0.25) is 0 Å². The van der Waals surface area contributed by atoms with Gasteiger partial charge < -0.3 is 15.0 Å². The van der Waals surface area contributed by atoms with Crippen molar-refractivity contribution in [2.75, 3.05) is 19.7 Å². The van der Waals surface area contributed by atoms with Crippen molar-refractivity contribution in [1.29, 1.82) is 0 Å². The van der Waals surface area contributed by atoms with Crippen LogP contribution in [0.1, 0.15) is 11.7 Å². The molecule has 0 saturated carbocycles. The monoisotopic (exact) mass is 236 g/mol. The van der Waals surface area contributed by atoms with Gasteiger partial charge in [-0.15, -0.1) is 0 Å². The minimum atomic E-state index is 0.143. The van der Waals surface area contributed by atoms with Gasteiger partial charge in [0.05, 0.1) is 17.7 Å². The smallest absolute Gasteiger partial charge is 0.0950 e. The lowest BCUT2D eigenvalue weighted by atomic mass is 10.1. The molecular weight excluding hydrogens is 224 g/mol. The number of ether oxygens (including phenoxy) is 1. The van der Waals surface area contributed by atoms with E-state index in [1.807, 2.05) is 6.20 Å². The number of H-pyrrole nitrogens is 1. The van der Waals surface area contributed by atoms with Crippen LogP contribution in [0.15, 0.2) is 24.4 Å². The Hall–Kier alpha value is -1.03. The molecule has 2 aromatic rings. The molecule has 84 valence electrons. The number of morpholine rings is 1. The van der Waals surface area contributed by atoms with Crippen molar-refractivity contribution in [3.8, 4) is 0 Å². The number of hydrogen-bond donors (Lipinski definition) is 2. The van der Waals surface area contributed by atoms with Crippen molar-refractivity contribution in [2.24, 2.45) is 0 Å². The number of fused-ring (bicyclic) bond motifs is 1. The number of benzene rings is 1. The summed E-state index contributed by atoms with van der Waals surface area (Å²) in [5.41, 5.74) is 2.25. The number of hydrogen-bond acceptors (Lipinski definition) is 2. The van der Waals surface area contributed by atoms with Crippen LogP contribution in [0.25, 0.3) is 10.9 Å². The predicted octanol–water partition coefficient (Wildman–Crippen LogP) is 2.48. The number of aromatic nitrogens is 1. The fraction of sp³-hybridized carbons (Fsp3) is 0.333. The molecule has 1 aromatic heterocycles. The molecule has 16 heavy (non-hydrogen) atoms. The van der Waals surface area contributed by atoms with Crippen molar-refractivity contribution < 1.29 is 4.74 Å². The maximum atomic E-state index is 6.10. The molecule has 0 spiro atoms. The van der Waals surface area contributed by atoms with Gasteiger partial charge in [-0.05, 0) is 17.7 Å². The van der Waals surface area contributed by atoms with Crippen LogP contribution in [0.5, 0.6) is 0 Å².